The molecule has 1 aromatic heterocycles. The topological polar surface area (TPSA) is 28.2 Å². The first-order valence-electron chi connectivity index (χ1n) is 7.23. The number of hydrogen-bond donors (Lipinski definition) is 1. The van der Waals surface area contributed by atoms with E-state index in [-0.39, 0.29) is 0 Å². The minimum absolute atomic E-state index is 0.895. The average Bonchev–Trinajstić information content (AvgIpc) is 2.45. The lowest BCUT2D eigenvalue weighted by atomic mass is 10.2. The Labute approximate surface area is 121 Å². The molecule has 2 aromatic rings. The van der Waals surface area contributed by atoms with Crippen molar-refractivity contribution in [3.05, 3.63) is 53.7 Å². The Kier molecular flexibility index (Phi) is 4.99. The van der Waals surface area contributed by atoms with E-state index in [0.29, 0.717) is 0 Å². The Balaban J connectivity index is 2.15. The maximum atomic E-state index is 4.32. The standard InChI is InChI=1S/C17H23N3/c1-4-18-17-12-15(9-10-19-17)13-20(5-2)16-8-6-7-14(3)11-16/h6-12H,4-5,13H2,1-3H3,(H,18,19). The third-order valence-corrected chi connectivity index (χ3v) is 3.30. The second kappa shape index (κ2) is 6.94. The number of nitrogens with one attached hydrogen (secondary N) is 1. The first-order chi connectivity index (χ1) is 9.72. The molecular weight excluding hydrogens is 246 g/mol. The fourth-order valence-electron chi connectivity index (χ4n) is 2.28. The summed E-state index contributed by atoms with van der Waals surface area (Å²) in [5.74, 6) is 0.949. The zero-order valence-electron chi connectivity index (χ0n) is 12.6. The molecule has 0 bridgehead atoms. The van der Waals surface area contributed by atoms with Crippen LogP contribution in [-0.2, 0) is 6.54 Å². The molecule has 2 rings (SSSR count). The Morgan fingerprint density at radius 3 is 2.70 bits per heavy atom. The number of aryl methyl sites for hydroxylation is 1. The van der Waals surface area contributed by atoms with Crippen LogP contribution in [0.4, 0.5) is 11.5 Å². The van der Waals surface area contributed by atoms with Gasteiger partial charge in [0.15, 0.2) is 0 Å². The van der Waals surface area contributed by atoms with E-state index in [2.05, 4.69) is 72.4 Å². The van der Waals surface area contributed by atoms with Crippen LogP contribution in [0, 0.1) is 6.92 Å². The van der Waals surface area contributed by atoms with E-state index >= 15 is 0 Å². The van der Waals surface area contributed by atoms with Crippen molar-refractivity contribution in [1.29, 1.82) is 0 Å². The van der Waals surface area contributed by atoms with Crippen molar-refractivity contribution < 1.29 is 0 Å². The molecule has 0 aliphatic heterocycles. The third kappa shape index (κ3) is 3.73. The summed E-state index contributed by atoms with van der Waals surface area (Å²) in [7, 11) is 0. The second-order valence-electron chi connectivity index (χ2n) is 4.93. The molecule has 0 aliphatic carbocycles. The lowest BCUT2D eigenvalue weighted by Crippen LogP contribution is -2.22. The Morgan fingerprint density at radius 2 is 2.00 bits per heavy atom. The number of anilines is 2. The normalized spacial score (nSPS) is 10.3. The van der Waals surface area contributed by atoms with Crippen LogP contribution in [0.2, 0.25) is 0 Å². The molecule has 0 spiro atoms. The largest absolute Gasteiger partial charge is 0.370 e. The summed E-state index contributed by atoms with van der Waals surface area (Å²) in [6.07, 6.45) is 1.87. The van der Waals surface area contributed by atoms with Gasteiger partial charge in [0.05, 0.1) is 0 Å². The van der Waals surface area contributed by atoms with E-state index in [9.17, 15) is 0 Å². The minimum atomic E-state index is 0.895. The summed E-state index contributed by atoms with van der Waals surface area (Å²) in [6.45, 7) is 9.19. The van der Waals surface area contributed by atoms with Crippen LogP contribution in [0.15, 0.2) is 42.6 Å². The smallest absolute Gasteiger partial charge is 0.126 e. The Morgan fingerprint density at radius 1 is 1.15 bits per heavy atom. The highest BCUT2D eigenvalue weighted by Gasteiger charge is 2.06. The molecule has 0 radical (unpaired) electrons. The van der Waals surface area contributed by atoms with Gasteiger partial charge in [-0.05, 0) is 56.2 Å². The molecule has 0 fully saturated rings. The fraction of sp³-hybridized carbons (Fsp3) is 0.353. The van der Waals surface area contributed by atoms with Gasteiger partial charge in [-0.15, -0.1) is 0 Å². The van der Waals surface area contributed by atoms with Crippen molar-refractivity contribution in [3.63, 3.8) is 0 Å². The summed E-state index contributed by atoms with van der Waals surface area (Å²) >= 11 is 0. The van der Waals surface area contributed by atoms with E-state index in [4.69, 9.17) is 0 Å². The van der Waals surface area contributed by atoms with Gasteiger partial charge < -0.3 is 10.2 Å². The number of rotatable bonds is 6. The molecule has 3 heteroatoms. The van der Waals surface area contributed by atoms with Crippen molar-refractivity contribution in [1.82, 2.24) is 4.98 Å². The lowest BCUT2D eigenvalue weighted by Gasteiger charge is -2.23. The second-order valence-corrected chi connectivity index (χ2v) is 4.93. The predicted octanol–water partition coefficient (Wildman–Crippen LogP) is 3.85. The van der Waals surface area contributed by atoms with E-state index in [1.807, 2.05) is 6.20 Å². The summed E-state index contributed by atoms with van der Waals surface area (Å²) in [6, 6.07) is 12.9. The molecule has 1 aromatic carbocycles. The van der Waals surface area contributed by atoms with Crippen LogP contribution in [0.3, 0.4) is 0 Å². The zero-order valence-corrected chi connectivity index (χ0v) is 12.6. The highest BCUT2D eigenvalue weighted by molar-refractivity contribution is 5.49. The highest BCUT2D eigenvalue weighted by Crippen LogP contribution is 2.19. The molecule has 1 heterocycles. The van der Waals surface area contributed by atoms with E-state index in [1.54, 1.807) is 0 Å². The van der Waals surface area contributed by atoms with Crippen LogP contribution in [0.1, 0.15) is 25.0 Å². The lowest BCUT2D eigenvalue weighted by molar-refractivity contribution is 0.830. The van der Waals surface area contributed by atoms with Crippen molar-refractivity contribution in [2.24, 2.45) is 0 Å². The Hall–Kier alpha value is -2.03. The van der Waals surface area contributed by atoms with Gasteiger partial charge in [0, 0.05) is 31.5 Å². The SMILES string of the molecule is CCNc1cc(CN(CC)c2cccc(C)c2)ccn1. The van der Waals surface area contributed by atoms with Crippen molar-refractivity contribution in [2.75, 3.05) is 23.3 Å². The molecule has 0 saturated carbocycles. The summed E-state index contributed by atoms with van der Waals surface area (Å²) in [5.41, 5.74) is 3.85. The number of pyridine rings is 1. The van der Waals surface area contributed by atoms with E-state index in [1.165, 1.54) is 16.8 Å². The monoisotopic (exact) mass is 269 g/mol. The van der Waals surface area contributed by atoms with Crippen molar-refractivity contribution >= 4 is 11.5 Å². The van der Waals surface area contributed by atoms with E-state index < -0.39 is 0 Å². The summed E-state index contributed by atoms with van der Waals surface area (Å²) < 4.78 is 0. The van der Waals surface area contributed by atoms with Gasteiger partial charge in [-0.2, -0.15) is 0 Å². The van der Waals surface area contributed by atoms with Gasteiger partial charge in [-0.1, -0.05) is 12.1 Å². The van der Waals surface area contributed by atoms with Crippen LogP contribution in [0.5, 0.6) is 0 Å². The maximum absolute atomic E-state index is 4.32. The number of benzene rings is 1. The molecule has 0 atom stereocenters. The molecule has 106 valence electrons. The highest BCUT2D eigenvalue weighted by atomic mass is 15.1. The number of aromatic nitrogens is 1. The van der Waals surface area contributed by atoms with Gasteiger partial charge in [0.25, 0.3) is 0 Å². The average molecular weight is 269 g/mol. The molecule has 3 nitrogen and oxygen atoms in total. The number of nitrogens with zero attached hydrogens (tertiary/aromatic N) is 2. The summed E-state index contributed by atoms with van der Waals surface area (Å²) in [5, 5.41) is 3.26. The van der Waals surface area contributed by atoms with Crippen LogP contribution in [-0.4, -0.2) is 18.1 Å². The van der Waals surface area contributed by atoms with Crippen molar-refractivity contribution in [3.8, 4) is 0 Å². The molecule has 0 amide bonds. The molecule has 20 heavy (non-hydrogen) atoms. The first-order valence-corrected chi connectivity index (χ1v) is 7.23. The zero-order chi connectivity index (χ0) is 14.4. The van der Waals surface area contributed by atoms with Gasteiger partial charge >= 0.3 is 0 Å². The minimum Gasteiger partial charge on any atom is -0.370 e. The molecule has 0 saturated heterocycles. The third-order valence-electron chi connectivity index (χ3n) is 3.30. The van der Waals surface area contributed by atoms with Gasteiger partial charge in [0.2, 0.25) is 0 Å². The maximum Gasteiger partial charge on any atom is 0.126 e. The predicted molar refractivity (Wildman–Crippen MR) is 86.3 cm³/mol. The van der Waals surface area contributed by atoms with Gasteiger partial charge in [0.1, 0.15) is 5.82 Å². The molecule has 0 aliphatic rings. The van der Waals surface area contributed by atoms with Gasteiger partial charge in [-0.3, -0.25) is 0 Å². The molecular formula is C17H23N3. The van der Waals surface area contributed by atoms with Crippen LogP contribution < -0.4 is 10.2 Å². The summed E-state index contributed by atoms with van der Waals surface area (Å²) in [4.78, 5) is 6.69. The van der Waals surface area contributed by atoms with Crippen LogP contribution >= 0.6 is 0 Å². The molecule has 1 N–H and O–H groups in total. The van der Waals surface area contributed by atoms with Gasteiger partial charge in [-0.25, -0.2) is 4.98 Å². The van der Waals surface area contributed by atoms with Crippen molar-refractivity contribution in [2.45, 2.75) is 27.3 Å². The number of hydrogen-bond acceptors (Lipinski definition) is 3. The van der Waals surface area contributed by atoms with E-state index in [0.717, 1.165) is 25.5 Å². The van der Waals surface area contributed by atoms with Crippen LogP contribution in [0.25, 0.3) is 0 Å². The first kappa shape index (κ1) is 14.4. The fourth-order valence-corrected chi connectivity index (χ4v) is 2.28. The quantitative estimate of drug-likeness (QED) is 0.863. The molecule has 0 unspecified atom stereocenters. The Bertz CT molecular complexity index is 551.